The molecule has 120 valence electrons. The van der Waals surface area contributed by atoms with Crippen LogP contribution in [0, 0.1) is 5.92 Å². The molecule has 0 bridgehead atoms. The topological polar surface area (TPSA) is 47.0 Å². The zero-order valence-corrected chi connectivity index (χ0v) is 14.1. The molecular weight excluding hydrogens is 262 g/mol. The van der Waals surface area contributed by atoms with Crippen molar-refractivity contribution in [1.82, 2.24) is 9.97 Å². The fourth-order valence-corrected chi connectivity index (χ4v) is 2.33. The molecule has 1 heterocycles. The lowest BCUT2D eigenvalue weighted by atomic mass is 10.0. The molecule has 0 spiro atoms. The van der Waals surface area contributed by atoms with Gasteiger partial charge >= 0.3 is 0 Å². The van der Waals surface area contributed by atoms with E-state index in [0.717, 1.165) is 49.7 Å². The number of hydrogen-bond donors (Lipinski definition) is 1. The van der Waals surface area contributed by atoms with Crippen LogP contribution in [0.1, 0.15) is 65.4 Å². The van der Waals surface area contributed by atoms with Crippen molar-refractivity contribution in [2.24, 2.45) is 5.92 Å². The zero-order chi connectivity index (χ0) is 15.5. The molecule has 0 fully saturated rings. The fraction of sp³-hybridized carbons (Fsp3) is 0.765. The van der Waals surface area contributed by atoms with Crippen LogP contribution in [0.25, 0.3) is 0 Å². The van der Waals surface area contributed by atoms with Crippen LogP contribution in [0.5, 0.6) is 5.88 Å². The van der Waals surface area contributed by atoms with Crippen LogP contribution in [0.3, 0.4) is 0 Å². The second kappa shape index (κ2) is 10.4. The van der Waals surface area contributed by atoms with Gasteiger partial charge in [-0.25, -0.2) is 9.97 Å². The third-order valence-electron chi connectivity index (χ3n) is 3.80. The molecule has 0 aliphatic carbocycles. The molecule has 0 saturated carbocycles. The second-order valence-electron chi connectivity index (χ2n) is 5.51. The van der Waals surface area contributed by atoms with Gasteiger partial charge in [-0.3, -0.25) is 0 Å². The van der Waals surface area contributed by atoms with Gasteiger partial charge in [-0.05, 0) is 25.2 Å². The summed E-state index contributed by atoms with van der Waals surface area (Å²) in [6.45, 7) is 10.4. The molecule has 1 rings (SSSR count). The molecule has 4 nitrogen and oxygen atoms in total. The highest BCUT2D eigenvalue weighted by molar-refractivity contribution is 5.48. The highest BCUT2D eigenvalue weighted by atomic mass is 16.5. The molecule has 1 N–H and O–H groups in total. The second-order valence-corrected chi connectivity index (χ2v) is 5.51. The summed E-state index contributed by atoms with van der Waals surface area (Å²) in [6.07, 6.45) is 8.48. The van der Waals surface area contributed by atoms with E-state index in [9.17, 15) is 0 Å². The summed E-state index contributed by atoms with van der Waals surface area (Å²) in [5.74, 6) is 2.30. The average molecular weight is 293 g/mol. The molecule has 0 aliphatic rings. The Hall–Kier alpha value is -1.32. The van der Waals surface area contributed by atoms with Crippen molar-refractivity contribution < 1.29 is 4.74 Å². The van der Waals surface area contributed by atoms with Gasteiger partial charge in [-0.15, -0.1) is 0 Å². The summed E-state index contributed by atoms with van der Waals surface area (Å²) in [5, 5.41) is 3.36. The molecule has 21 heavy (non-hydrogen) atoms. The number of aromatic nitrogens is 2. The molecule has 0 aromatic carbocycles. The molecule has 4 heteroatoms. The van der Waals surface area contributed by atoms with E-state index in [0.29, 0.717) is 5.92 Å². The zero-order valence-electron chi connectivity index (χ0n) is 14.1. The molecule has 1 atom stereocenters. The van der Waals surface area contributed by atoms with Gasteiger partial charge in [0.1, 0.15) is 12.1 Å². The van der Waals surface area contributed by atoms with E-state index in [1.54, 1.807) is 6.33 Å². The SMILES string of the molecule is CCCCC(CC)COc1ncnc(NCCC)c1CC. The summed E-state index contributed by atoms with van der Waals surface area (Å²) in [6, 6.07) is 0. The number of rotatable bonds is 11. The molecule has 1 aromatic rings. The van der Waals surface area contributed by atoms with Crippen molar-refractivity contribution in [3.05, 3.63) is 11.9 Å². The first-order valence-corrected chi connectivity index (χ1v) is 8.47. The first kappa shape index (κ1) is 17.7. The lowest BCUT2D eigenvalue weighted by molar-refractivity contribution is 0.224. The molecule has 0 aliphatic heterocycles. The first-order chi connectivity index (χ1) is 10.3. The molecule has 0 amide bonds. The standard InChI is InChI=1S/C17H31N3O/c1-5-9-10-14(7-3)12-21-17-15(8-4)16(18-11-6-2)19-13-20-17/h13-14H,5-12H2,1-4H3,(H,18,19,20). The van der Waals surface area contributed by atoms with Crippen molar-refractivity contribution in [2.45, 2.75) is 66.2 Å². The van der Waals surface area contributed by atoms with Crippen molar-refractivity contribution in [2.75, 3.05) is 18.5 Å². The minimum absolute atomic E-state index is 0.622. The summed E-state index contributed by atoms with van der Waals surface area (Å²) >= 11 is 0. The number of ether oxygens (including phenoxy) is 1. The van der Waals surface area contributed by atoms with Crippen molar-refractivity contribution in [3.8, 4) is 5.88 Å². The fourth-order valence-electron chi connectivity index (χ4n) is 2.33. The van der Waals surface area contributed by atoms with E-state index in [1.165, 1.54) is 19.3 Å². The molecular formula is C17H31N3O. The number of nitrogens with zero attached hydrogens (tertiary/aromatic N) is 2. The summed E-state index contributed by atoms with van der Waals surface area (Å²) in [7, 11) is 0. The molecule has 0 radical (unpaired) electrons. The van der Waals surface area contributed by atoms with Crippen LogP contribution >= 0.6 is 0 Å². The third-order valence-corrected chi connectivity index (χ3v) is 3.80. The van der Waals surface area contributed by atoms with Crippen LogP contribution in [-0.4, -0.2) is 23.1 Å². The normalized spacial score (nSPS) is 12.2. The monoisotopic (exact) mass is 293 g/mol. The Morgan fingerprint density at radius 2 is 1.95 bits per heavy atom. The number of unbranched alkanes of at least 4 members (excludes halogenated alkanes) is 1. The van der Waals surface area contributed by atoms with E-state index >= 15 is 0 Å². The Morgan fingerprint density at radius 1 is 1.14 bits per heavy atom. The predicted molar refractivity (Wildman–Crippen MR) is 89.0 cm³/mol. The third kappa shape index (κ3) is 5.90. The van der Waals surface area contributed by atoms with Gasteiger partial charge in [-0.2, -0.15) is 0 Å². The predicted octanol–water partition coefficient (Wildman–Crippen LogP) is 4.46. The summed E-state index contributed by atoms with van der Waals surface area (Å²) in [4.78, 5) is 8.67. The Morgan fingerprint density at radius 3 is 2.57 bits per heavy atom. The van der Waals surface area contributed by atoms with Crippen molar-refractivity contribution in [1.29, 1.82) is 0 Å². The van der Waals surface area contributed by atoms with Crippen LogP contribution in [0.15, 0.2) is 6.33 Å². The minimum atomic E-state index is 0.622. The molecule has 1 aromatic heterocycles. The van der Waals surface area contributed by atoms with Crippen LogP contribution in [-0.2, 0) is 6.42 Å². The lowest BCUT2D eigenvalue weighted by Gasteiger charge is -2.17. The quantitative estimate of drug-likeness (QED) is 0.654. The van der Waals surface area contributed by atoms with Gasteiger partial charge in [0.25, 0.3) is 0 Å². The number of anilines is 1. The highest BCUT2D eigenvalue weighted by Crippen LogP contribution is 2.24. The Labute approximate surface area is 129 Å². The molecule has 0 saturated heterocycles. The van der Waals surface area contributed by atoms with Gasteiger partial charge in [-0.1, -0.05) is 47.0 Å². The van der Waals surface area contributed by atoms with Gasteiger partial charge in [0.05, 0.1) is 12.2 Å². The van der Waals surface area contributed by atoms with Gasteiger partial charge < -0.3 is 10.1 Å². The van der Waals surface area contributed by atoms with Gasteiger partial charge in [0, 0.05) is 6.54 Å². The maximum atomic E-state index is 6.01. The smallest absolute Gasteiger partial charge is 0.221 e. The first-order valence-electron chi connectivity index (χ1n) is 8.47. The average Bonchev–Trinajstić information content (AvgIpc) is 2.53. The minimum Gasteiger partial charge on any atom is -0.477 e. The van der Waals surface area contributed by atoms with Gasteiger partial charge in [0.15, 0.2) is 0 Å². The summed E-state index contributed by atoms with van der Waals surface area (Å²) in [5.41, 5.74) is 1.09. The maximum Gasteiger partial charge on any atom is 0.221 e. The van der Waals surface area contributed by atoms with E-state index in [-0.39, 0.29) is 0 Å². The Kier molecular flexibility index (Phi) is 8.79. The van der Waals surface area contributed by atoms with Crippen LogP contribution < -0.4 is 10.1 Å². The van der Waals surface area contributed by atoms with E-state index in [2.05, 4.69) is 43.0 Å². The van der Waals surface area contributed by atoms with E-state index in [4.69, 9.17) is 4.74 Å². The van der Waals surface area contributed by atoms with E-state index < -0.39 is 0 Å². The summed E-state index contributed by atoms with van der Waals surface area (Å²) < 4.78 is 6.01. The molecule has 1 unspecified atom stereocenters. The van der Waals surface area contributed by atoms with Crippen molar-refractivity contribution >= 4 is 5.82 Å². The Balaban J connectivity index is 2.68. The van der Waals surface area contributed by atoms with Gasteiger partial charge in [0.2, 0.25) is 5.88 Å². The largest absolute Gasteiger partial charge is 0.477 e. The van der Waals surface area contributed by atoms with Crippen molar-refractivity contribution in [3.63, 3.8) is 0 Å². The maximum absolute atomic E-state index is 6.01. The number of nitrogens with one attached hydrogen (secondary N) is 1. The van der Waals surface area contributed by atoms with E-state index in [1.807, 2.05) is 0 Å². The van der Waals surface area contributed by atoms with Crippen LogP contribution in [0.2, 0.25) is 0 Å². The number of hydrogen-bond acceptors (Lipinski definition) is 4. The Bertz CT molecular complexity index is 396. The highest BCUT2D eigenvalue weighted by Gasteiger charge is 2.13. The van der Waals surface area contributed by atoms with Crippen LogP contribution in [0.4, 0.5) is 5.82 Å². The lowest BCUT2D eigenvalue weighted by Crippen LogP contribution is -2.14.